The number of hydrogen-bond donors (Lipinski definition) is 1. The van der Waals surface area contributed by atoms with Crippen molar-refractivity contribution in [1.29, 1.82) is 0 Å². The molecule has 1 N–H and O–H groups in total. The zero-order chi connectivity index (χ0) is 18.5. The van der Waals surface area contributed by atoms with E-state index in [4.69, 9.17) is 16.3 Å². The minimum atomic E-state index is -0.172. The van der Waals surface area contributed by atoms with Crippen LogP contribution >= 0.6 is 22.9 Å². The van der Waals surface area contributed by atoms with Crippen LogP contribution in [0.2, 0.25) is 5.02 Å². The lowest BCUT2D eigenvalue weighted by Gasteiger charge is -2.08. The van der Waals surface area contributed by atoms with Crippen LogP contribution in [-0.2, 0) is 11.3 Å². The molecule has 1 aromatic heterocycles. The zero-order valence-corrected chi connectivity index (χ0v) is 16.2. The van der Waals surface area contributed by atoms with Gasteiger partial charge in [0.15, 0.2) is 6.61 Å². The van der Waals surface area contributed by atoms with Crippen molar-refractivity contribution in [2.45, 2.75) is 20.4 Å². The van der Waals surface area contributed by atoms with E-state index in [0.29, 0.717) is 11.6 Å². The number of nitrogens with one attached hydrogen (secondary N) is 1. The van der Waals surface area contributed by atoms with E-state index in [9.17, 15) is 4.79 Å². The van der Waals surface area contributed by atoms with Crippen molar-refractivity contribution in [3.05, 3.63) is 69.0 Å². The van der Waals surface area contributed by atoms with E-state index in [1.165, 1.54) is 0 Å². The lowest BCUT2D eigenvalue weighted by molar-refractivity contribution is -0.123. The maximum Gasteiger partial charge on any atom is 0.258 e. The van der Waals surface area contributed by atoms with Gasteiger partial charge < -0.3 is 10.1 Å². The third-order valence-electron chi connectivity index (χ3n) is 3.85. The number of aryl methyl sites for hydroxylation is 2. The Kier molecular flexibility index (Phi) is 5.91. The Morgan fingerprint density at radius 2 is 1.88 bits per heavy atom. The summed E-state index contributed by atoms with van der Waals surface area (Å²) < 4.78 is 5.55. The molecule has 0 bridgehead atoms. The number of rotatable bonds is 6. The Morgan fingerprint density at radius 1 is 1.15 bits per heavy atom. The van der Waals surface area contributed by atoms with Gasteiger partial charge in [0.2, 0.25) is 0 Å². The third-order valence-corrected chi connectivity index (χ3v) is 5.07. The molecule has 26 heavy (non-hydrogen) atoms. The second kappa shape index (κ2) is 8.34. The average Bonchev–Trinajstić information content (AvgIpc) is 3.01. The Balaban J connectivity index is 1.56. The number of thiazole rings is 1. The van der Waals surface area contributed by atoms with Crippen LogP contribution in [0.4, 0.5) is 0 Å². The maximum absolute atomic E-state index is 12.0. The average molecular weight is 387 g/mol. The summed E-state index contributed by atoms with van der Waals surface area (Å²) in [6.07, 6.45) is 0. The largest absolute Gasteiger partial charge is 0.484 e. The highest BCUT2D eigenvalue weighted by Crippen LogP contribution is 2.28. The molecule has 0 aliphatic carbocycles. The highest BCUT2D eigenvalue weighted by atomic mass is 35.5. The summed E-state index contributed by atoms with van der Waals surface area (Å²) in [5.41, 5.74) is 2.94. The van der Waals surface area contributed by atoms with E-state index in [1.807, 2.05) is 62.4 Å². The Hall–Kier alpha value is -2.37. The Labute approximate surface area is 161 Å². The fourth-order valence-electron chi connectivity index (χ4n) is 2.49. The van der Waals surface area contributed by atoms with Gasteiger partial charge in [0, 0.05) is 15.5 Å². The number of carbonyl (C=O) groups is 1. The van der Waals surface area contributed by atoms with Crippen LogP contribution in [0.25, 0.3) is 11.3 Å². The number of ether oxygens (including phenoxy) is 1. The molecule has 6 heteroatoms. The molecule has 0 saturated carbocycles. The predicted octanol–water partition coefficient (Wildman–Crippen LogP) is 4.78. The van der Waals surface area contributed by atoms with Crippen molar-refractivity contribution in [2.75, 3.05) is 6.61 Å². The van der Waals surface area contributed by atoms with Gasteiger partial charge in [0.1, 0.15) is 10.8 Å². The first-order valence-electron chi connectivity index (χ1n) is 8.20. The molecule has 0 unspecified atom stereocenters. The first kappa shape index (κ1) is 18.4. The standard InChI is InChI=1S/C20H19ClN2O2S/c1-13-5-3-4-6-17(13)25-12-18(24)22-11-19-23-20(14(2)26-19)15-7-9-16(21)10-8-15/h3-10H,11-12H2,1-2H3,(H,22,24). The summed E-state index contributed by atoms with van der Waals surface area (Å²) in [6, 6.07) is 15.2. The van der Waals surface area contributed by atoms with Crippen LogP contribution in [0, 0.1) is 13.8 Å². The van der Waals surface area contributed by atoms with Gasteiger partial charge in [-0.15, -0.1) is 11.3 Å². The van der Waals surface area contributed by atoms with Crippen LogP contribution in [0.1, 0.15) is 15.4 Å². The molecular weight excluding hydrogens is 368 g/mol. The third kappa shape index (κ3) is 4.62. The molecule has 134 valence electrons. The molecule has 3 rings (SSSR count). The van der Waals surface area contributed by atoms with E-state index in [-0.39, 0.29) is 12.5 Å². The molecule has 1 amide bonds. The van der Waals surface area contributed by atoms with Gasteiger partial charge in [-0.2, -0.15) is 0 Å². The van der Waals surface area contributed by atoms with E-state index in [2.05, 4.69) is 10.3 Å². The first-order chi connectivity index (χ1) is 12.5. The van der Waals surface area contributed by atoms with Crippen LogP contribution < -0.4 is 10.1 Å². The molecule has 0 aliphatic heterocycles. The monoisotopic (exact) mass is 386 g/mol. The van der Waals surface area contributed by atoms with E-state index in [1.54, 1.807) is 11.3 Å². The SMILES string of the molecule is Cc1ccccc1OCC(=O)NCc1nc(-c2ccc(Cl)cc2)c(C)s1. The number of amides is 1. The number of halogens is 1. The van der Waals surface area contributed by atoms with Gasteiger partial charge in [-0.1, -0.05) is 41.9 Å². The number of nitrogens with zero attached hydrogens (tertiary/aromatic N) is 1. The molecule has 0 atom stereocenters. The number of benzene rings is 2. The summed E-state index contributed by atoms with van der Waals surface area (Å²) in [5, 5.41) is 4.41. The Morgan fingerprint density at radius 3 is 2.62 bits per heavy atom. The van der Waals surface area contributed by atoms with Crippen LogP contribution in [0.3, 0.4) is 0 Å². The van der Waals surface area contributed by atoms with E-state index >= 15 is 0 Å². The van der Waals surface area contributed by atoms with Crippen molar-refractivity contribution >= 4 is 28.8 Å². The highest BCUT2D eigenvalue weighted by Gasteiger charge is 2.11. The van der Waals surface area contributed by atoms with Crippen LogP contribution in [0.15, 0.2) is 48.5 Å². The lowest BCUT2D eigenvalue weighted by atomic mass is 10.1. The molecule has 1 heterocycles. The fourth-order valence-corrected chi connectivity index (χ4v) is 3.51. The molecule has 0 fully saturated rings. The first-order valence-corrected chi connectivity index (χ1v) is 9.40. The molecule has 2 aromatic carbocycles. The van der Waals surface area contributed by atoms with Gasteiger partial charge in [-0.25, -0.2) is 4.98 Å². The van der Waals surface area contributed by atoms with Gasteiger partial charge in [-0.05, 0) is 37.6 Å². The van der Waals surface area contributed by atoms with Crippen molar-refractivity contribution in [2.24, 2.45) is 0 Å². The minimum Gasteiger partial charge on any atom is -0.484 e. The van der Waals surface area contributed by atoms with Gasteiger partial charge in [0.25, 0.3) is 5.91 Å². The number of para-hydroxylation sites is 1. The molecule has 0 aliphatic rings. The summed E-state index contributed by atoms with van der Waals surface area (Å²) in [6.45, 7) is 4.34. The summed E-state index contributed by atoms with van der Waals surface area (Å²) >= 11 is 7.51. The molecule has 0 saturated heterocycles. The molecule has 3 aromatic rings. The number of aromatic nitrogens is 1. The molecular formula is C20H19ClN2O2S. The van der Waals surface area contributed by atoms with Crippen molar-refractivity contribution in [3.8, 4) is 17.0 Å². The summed E-state index contributed by atoms with van der Waals surface area (Å²) in [4.78, 5) is 17.8. The predicted molar refractivity (Wildman–Crippen MR) is 106 cm³/mol. The molecule has 0 spiro atoms. The smallest absolute Gasteiger partial charge is 0.258 e. The molecule has 0 radical (unpaired) electrons. The van der Waals surface area contributed by atoms with Gasteiger partial charge in [0.05, 0.1) is 12.2 Å². The zero-order valence-electron chi connectivity index (χ0n) is 14.6. The highest BCUT2D eigenvalue weighted by molar-refractivity contribution is 7.12. The topological polar surface area (TPSA) is 51.2 Å². The van der Waals surface area contributed by atoms with Crippen molar-refractivity contribution < 1.29 is 9.53 Å². The molecule has 4 nitrogen and oxygen atoms in total. The minimum absolute atomic E-state index is 0.0146. The second-order valence-corrected chi connectivity index (χ2v) is 7.57. The fraction of sp³-hybridized carbons (Fsp3) is 0.200. The van der Waals surface area contributed by atoms with E-state index < -0.39 is 0 Å². The summed E-state index contributed by atoms with van der Waals surface area (Å²) in [7, 11) is 0. The normalized spacial score (nSPS) is 10.6. The number of hydrogen-bond acceptors (Lipinski definition) is 4. The number of carbonyl (C=O) groups excluding carboxylic acids is 1. The van der Waals surface area contributed by atoms with Crippen LogP contribution in [0.5, 0.6) is 5.75 Å². The lowest BCUT2D eigenvalue weighted by Crippen LogP contribution is -2.28. The van der Waals surface area contributed by atoms with Crippen molar-refractivity contribution in [1.82, 2.24) is 10.3 Å². The Bertz CT molecular complexity index is 906. The quantitative estimate of drug-likeness (QED) is 0.663. The maximum atomic E-state index is 12.0. The van der Waals surface area contributed by atoms with Gasteiger partial charge >= 0.3 is 0 Å². The van der Waals surface area contributed by atoms with Crippen molar-refractivity contribution in [3.63, 3.8) is 0 Å². The van der Waals surface area contributed by atoms with E-state index in [0.717, 1.165) is 32.5 Å². The summed E-state index contributed by atoms with van der Waals surface area (Å²) in [5.74, 6) is 0.548. The van der Waals surface area contributed by atoms with Crippen LogP contribution in [-0.4, -0.2) is 17.5 Å². The second-order valence-electron chi connectivity index (χ2n) is 5.85. The van der Waals surface area contributed by atoms with Gasteiger partial charge in [-0.3, -0.25) is 4.79 Å².